The van der Waals surface area contributed by atoms with Gasteiger partial charge in [0, 0.05) is 16.8 Å². The van der Waals surface area contributed by atoms with E-state index < -0.39 is 0 Å². The lowest BCUT2D eigenvalue weighted by atomic mass is 9.78. The van der Waals surface area contributed by atoms with Crippen molar-refractivity contribution >= 4 is 11.4 Å². The molecule has 0 saturated carbocycles. The van der Waals surface area contributed by atoms with Gasteiger partial charge in [-0.05, 0) is 49.2 Å². The summed E-state index contributed by atoms with van der Waals surface area (Å²) in [6.45, 7) is 8.79. The van der Waals surface area contributed by atoms with E-state index in [4.69, 9.17) is 0 Å². The first-order valence-corrected chi connectivity index (χ1v) is 8.46. The van der Waals surface area contributed by atoms with Gasteiger partial charge in [-0.1, -0.05) is 73.5 Å². The van der Waals surface area contributed by atoms with Crippen molar-refractivity contribution in [3.8, 4) is 0 Å². The number of nitrogens with one attached hydrogen (secondary N) is 1. The summed E-state index contributed by atoms with van der Waals surface area (Å²) in [5.41, 5.74) is 7.46. The van der Waals surface area contributed by atoms with Gasteiger partial charge in [-0.15, -0.1) is 0 Å². The number of hydrogen-bond acceptors (Lipinski definition) is 1. The minimum absolute atomic E-state index is 0.00388. The van der Waals surface area contributed by atoms with Crippen LogP contribution in [0.4, 0.5) is 11.4 Å². The second-order valence-corrected chi connectivity index (χ2v) is 7.06. The molecule has 0 aliphatic heterocycles. The minimum atomic E-state index is -0.00388. The molecule has 3 aromatic carbocycles. The monoisotopic (exact) mass is 315 g/mol. The Kier molecular flexibility index (Phi) is 4.44. The highest BCUT2D eigenvalue weighted by molar-refractivity contribution is 5.60. The Bertz CT molecular complexity index is 794. The highest BCUT2D eigenvalue weighted by Crippen LogP contribution is 2.32. The van der Waals surface area contributed by atoms with Crippen LogP contribution < -0.4 is 5.32 Å². The number of hydrogen-bond donors (Lipinski definition) is 1. The van der Waals surface area contributed by atoms with Crippen LogP contribution in [0, 0.1) is 13.8 Å². The van der Waals surface area contributed by atoms with Crippen LogP contribution >= 0.6 is 0 Å². The average molecular weight is 315 g/mol. The van der Waals surface area contributed by atoms with Gasteiger partial charge in [0.15, 0.2) is 0 Å². The molecule has 0 aliphatic carbocycles. The quantitative estimate of drug-likeness (QED) is 0.589. The zero-order valence-corrected chi connectivity index (χ0v) is 14.9. The van der Waals surface area contributed by atoms with Gasteiger partial charge in [0.2, 0.25) is 0 Å². The molecular weight excluding hydrogens is 290 g/mol. The fourth-order valence-corrected chi connectivity index (χ4v) is 2.91. The SMILES string of the molecule is Cc1ccc(Nc2ccc(C(C)(C)c3ccc(C)cc3)cc2)cc1. The first-order chi connectivity index (χ1) is 11.4. The highest BCUT2D eigenvalue weighted by atomic mass is 14.9. The normalized spacial score (nSPS) is 11.3. The van der Waals surface area contributed by atoms with Crippen LogP contribution in [0.5, 0.6) is 0 Å². The molecule has 0 amide bonds. The van der Waals surface area contributed by atoms with E-state index in [-0.39, 0.29) is 5.41 Å². The van der Waals surface area contributed by atoms with Crippen LogP contribution in [0.1, 0.15) is 36.1 Å². The van der Waals surface area contributed by atoms with Gasteiger partial charge in [0.1, 0.15) is 0 Å². The molecule has 1 N–H and O–H groups in total. The van der Waals surface area contributed by atoms with Gasteiger partial charge < -0.3 is 5.32 Å². The predicted molar refractivity (Wildman–Crippen MR) is 104 cm³/mol. The Morgan fingerprint density at radius 1 is 0.542 bits per heavy atom. The lowest BCUT2D eigenvalue weighted by Crippen LogP contribution is -2.18. The van der Waals surface area contributed by atoms with Crippen LogP contribution in [0.15, 0.2) is 72.8 Å². The van der Waals surface area contributed by atoms with Crippen molar-refractivity contribution < 1.29 is 0 Å². The van der Waals surface area contributed by atoms with Crippen molar-refractivity contribution in [1.29, 1.82) is 0 Å². The van der Waals surface area contributed by atoms with Crippen LogP contribution in [0.2, 0.25) is 0 Å². The Morgan fingerprint density at radius 3 is 1.33 bits per heavy atom. The summed E-state index contributed by atoms with van der Waals surface area (Å²) >= 11 is 0. The van der Waals surface area contributed by atoms with Crippen molar-refractivity contribution in [2.45, 2.75) is 33.1 Å². The maximum Gasteiger partial charge on any atom is 0.0384 e. The topological polar surface area (TPSA) is 12.0 Å². The highest BCUT2D eigenvalue weighted by Gasteiger charge is 2.22. The molecule has 0 fully saturated rings. The average Bonchev–Trinajstić information content (AvgIpc) is 2.58. The van der Waals surface area contributed by atoms with E-state index in [9.17, 15) is 0 Å². The van der Waals surface area contributed by atoms with E-state index in [1.807, 2.05) is 0 Å². The third kappa shape index (κ3) is 3.51. The van der Waals surface area contributed by atoms with Crippen molar-refractivity contribution in [3.05, 3.63) is 95.1 Å². The lowest BCUT2D eigenvalue weighted by Gasteiger charge is -2.26. The molecule has 0 aliphatic rings. The fraction of sp³-hybridized carbons (Fsp3) is 0.217. The Morgan fingerprint density at radius 2 is 0.875 bits per heavy atom. The molecule has 24 heavy (non-hydrogen) atoms. The van der Waals surface area contributed by atoms with Crippen molar-refractivity contribution in [2.75, 3.05) is 5.32 Å². The van der Waals surface area contributed by atoms with Gasteiger partial charge in [-0.25, -0.2) is 0 Å². The maximum absolute atomic E-state index is 3.46. The molecule has 0 aromatic heterocycles. The van der Waals surface area contributed by atoms with Crippen molar-refractivity contribution in [1.82, 2.24) is 0 Å². The third-order valence-electron chi connectivity index (χ3n) is 4.72. The van der Waals surface area contributed by atoms with E-state index >= 15 is 0 Å². The Balaban J connectivity index is 1.80. The second kappa shape index (κ2) is 6.52. The van der Waals surface area contributed by atoms with E-state index in [0.29, 0.717) is 0 Å². The maximum atomic E-state index is 3.46. The summed E-state index contributed by atoms with van der Waals surface area (Å²) < 4.78 is 0. The number of aryl methyl sites for hydroxylation is 2. The zero-order chi connectivity index (χ0) is 17.2. The molecule has 0 bridgehead atoms. The van der Waals surface area contributed by atoms with Gasteiger partial charge in [-0.2, -0.15) is 0 Å². The molecule has 0 spiro atoms. The summed E-state index contributed by atoms with van der Waals surface area (Å²) in [7, 11) is 0. The zero-order valence-electron chi connectivity index (χ0n) is 14.9. The van der Waals surface area contributed by atoms with E-state index in [0.717, 1.165) is 11.4 Å². The number of benzene rings is 3. The smallest absolute Gasteiger partial charge is 0.0384 e. The van der Waals surface area contributed by atoms with Gasteiger partial charge in [0.25, 0.3) is 0 Å². The van der Waals surface area contributed by atoms with Gasteiger partial charge in [-0.3, -0.25) is 0 Å². The second-order valence-electron chi connectivity index (χ2n) is 7.06. The molecule has 1 nitrogen and oxygen atoms in total. The lowest BCUT2D eigenvalue weighted by molar-refractivity contribution is 0.641. The molecule has 0 saturated heterocycles. The van der Waals surface area contributed by atoms with Gasteiger partial charge in [0.05, 0.1) is 0 Å². The van der Waals surface area contributed by atoms with Crippen LogP contribution in [-0.2, 0) is 5.41 Å². The molecule has 0 heterocycles. The summed E-state index contributed by atoms with van der Waals surface area (Å²) in [6, 6.07) is 26.0. The fourth-order valence-electron chi connectivity index (χ4n) is 2.91. The molecule has 3 aromatic rings. The third-order valence-corrected chi connectivity index (χ3v) is 4.72. The van der Waals surface area contributed by atoms with Crippen molar-refractivity contribution in [3.63, 3.8) is 0 Å². The molecule has 1 heteroatoms. The Hall–Kier alpha value is -2.54. The molecule has 122 valence electrons. The molecule has 0 radical (unpaired) electrons. The summed E-state index contributed by atoms with van der Waals surface area (Å²) in [5.74, 6) is 0. The van der Waals surface area contributed by atoms with E-state index in [1.54, 1.807) is 0 Å². The van der Waals surface area contributed by atoms with Crippen molar-refractivity contribution in [2.24, 2.45) is 0 Å². The molecule has 0 atom stereocenters. The van der Waals surface area contributed by atoms with E-state index in [2.05, 4.69) is 106 Å². The first kappa shape index (κ1) is 16.3. The van der Waals surface area contributed by atoms with Gasteiger partial charge >= 0.3 is 0 Å². The Labute approximate surface area is 145 Å². The molecular formula is C23H25N. The summed E-state index contributed by atoms with van der Waals surface area (Å²) in [4.78, 5) is 0. The first-order valence-electron chi connectivity index (χ1n) is 8.46. The number of rotatable bonds is 4. The molecule has 3 rings (SSSR count). The standard InChI is InChI=1S/C23H25N/c1-17-5-9-19(10-6-17)23(3,4)20-11-15-22(16-12-20)24-21-13-7-18(2)8-14-21/h5-16,24H,1-4H3. The van der Waals surface area contributed by atoms with Crippen LogP contribution in [0.25, 0.3) is 0 Å². The molecule has 0 unspecified atom stereocenters. The van der Waals surface area contributed by atoms with Crippen LogP contribution in [-0.4, -0.2) is 0 Å². The minimum Gasteiger partial charge on any atom is -0.356 e. The summed E-state index contributed by atoms with van der Waals surface area (Å²) in [5, 5.41) is 3.46. The summed E-state index contributed by atoms with van der Waals surface area (Å²) in [6.07, 6.45) is 0. The number of anilines is 2. The predicted octanol–water partition coefficient (Wildman–Crippen LogP) is 6.37. The van der Waals surface area contributed by atoms with E-state index in [1.165, 1.54) is 22.3 Å². The largest absolute Gasteiger partial charge is 0.356 e. The van der Waals surface area contributed by atoms with Crippen LogP contribution in [0.3, 0.4) is 0 Å².